The Kier molecular flexibility index (Phi) is 26.7. The molecular weight excluding hydrogens is 426 g/mol. The molecule has 0 aromatic heterocycles. The molecule has 0 radical (unpaired) electrons. The fourth-order valence-electron chi connectivity index (χ4n) is 1.29. The summed E-state index contributed by atoms with van der Waals surface area (Å²) < 4.78 is 0. The van der Waals surface area contributed by atoms with E-state index in [0.717, 1.165) is 0 Å². The van der Waals surface area contributed by atoms with E-state index in [2.05, 4.69) is 0 Å². The van der Waals surface area contributed by atoms with E-state index in [4.69, 9.17) is 0 Å². The van der Waals surface area contributed by atoms with Gasteiger partial charge in [0.1, 0.15) is 0 Å². The molecule has 0 aliphatic rings. The molecule has 0 spiro atoms. The summed E-state index contributed by atoms with van der Waals surface area (Å²) in [5, 5.41) is 59.0. The minimum atomic E-state index is -1.59. The summed E-state index contributed by atoms with van der Waals surface area (Å²) in [4.78, 5) is 59.0. The standard InChI is InChI=1S/3C5H8O4.2Al/c3*1-2-3(4(6)7)5(8)9;;/h3*3H,2H2,1H3,(H,6,7)(H,8,9);;/q;;;2*+3/p-6. The summed E-state index contributed by atoms with van der Waals surface area (Å²) >= 11 is 0. The predicted octanol–water partition coefficient (Wildman–Crippen LogP) is -8.22. The molecule has 0 N–H and O–H groups in total. The number of hydrogen-bond acceptors (Lipinski definition) is 12. The van der Waals surface area contributed by atoms with E-state index in [1.807, 2.05) is 0 Å². The van der Waals surface area contributed by atoms with Gasteiger partial charge in [0.05, 0.1) is 35.8 Å². The second-order valence-electron chi connectivity index (χ2n) is 4.80. The number of rotatable bonds is 9. The largest absolute Gasteiger partial charge is 3.00 e. The molecular formula is C15H18Al2O12. The molecule has 0 amide bonds. The third-order valence-corrected chi connectivity index (χ3v) is 2.93. The number of carbonyl (C=O) groups is 6. The van der Waals surface area contributed by atoms with Crippen LogP contribution in [0.15, 0.2) is 0 Å². The van der Waals surface area contributed by atoms with Crippen molar-refractivity contribution in [2.24, 2.45) is 17.8 Å². The molecule has 0 aliphatic heterocycles. The smallest absolute Gasteiger partial charge is 0.549 e. The van der Waals surface area contributed by atoms with Crippen LogP contribution in [0.5, 0.6) is 0 Å². The van der Waals surface area contributed by atoms with Gasteiger partial charge in [0.2, 0.25) is 0 Å². The van der Waals surface area contributed by atoms with Crippen molar-refractivity contribution < 1.29 is 59.4 Å². The van der Waals surface area contributed by atoms with Gasteiger partial charge in [0.25, 0.3) is 0 Å². The van der Waals surface area contributed by atoms with Gasteiger partial charge in [-0.25, -0.2) is 0 Å². The van der Waals surface area contributed by atoms with E-state index in [-0.39, 0.29) is 54.0 Å². The van der Waals surface area contributed by atoms with Gasteiger partial charge in [0.15, 0.2) is 0 Å². The van der Waals surface area contributed by atoms with Gasteiger partial charge in [-0.2, -0.15) is 0 Å². The van der Waals surface area contributed by atoms with Crippen LogP contribution in [0.4, 0.5) is 0 Å². The van der Waals surface area contributed by atoms with Crippen LogP contribution >= 0.6 is 0 Å². The Morgan fingerprint density at radius 1 is 0.448 bits per heavy atom. The van der Waals surface area contributed by atoms with Gasteiger partial charge in [0, 0.05) is 17.8 Å². The van der Waals surface area contributed by atoms with E-state index < -0.39 is 53.6 Å². The van der Waals surface area contributed by atoms with E-state index in [1.165, 1.54) is 20.8 Å². The molecule has 0 aliphatic carbocycles. The summed E-state index contributed by atoms with van der Waals surface area (Å²) in [6.07, 6.45) is 0.0139. The summed E-state index contributed by atoms with van der Waals surface area (Å²) in [6, 6.07) is 0. The Bertz CT molecular complexity index is 431. The topological polar surface area (TPSA) is 241 Å². The van der Waals surface area contributed by atoms with Crippen molar-refractivity contribution >= 4 is 70.5 Å². The van der Waals surface area contributed by atoms with E-state index in [0.29, 0.717) is 0 Å². The van der Waals surface area contributed by atoms with Gasteiger partial charge >= 0.3 is 34.7 Å². The molecule has 0 aromatic rings. The third kappa shape index (κ3) is 19.0. The summed E-state index contributed by atoms with van der Waals surface area (Å²) in [5.74, 6) is -13.9. The van der Waals surface area contributed by atoms with Crippen LogP contribution in [0.2, 0.25) is 0 Å². The number of aliphatic carboxylic acids is 6. The van der Waals surface area contributed by atoms with E-state index >= 15 is 0 Å². The van der Waals surface area contributed by atoms with Gasteiger partial charge < -0.3 is 59.4 Å². The Morgan fingerprint density at radius 2 is 0.552 bits per heavy atom. The van der Waals surface area contributed by atoms with E-state index in [1.54, 1.807) is 0 Å². The van der Waals surface area contributed by atoms with Crippen molar-refractivity contribution in [3.05, 3.63) is 0 Å². The van der Waals surface area contributed by atoms with Gasteiger partial charge in [-0.3, -0.25) is 0 Å². The van der Waals surface area contributed by atoms with Crippen molar-refractivity contribution in [1.29, 1.82) is 0 Å². The molecule has 156 valence electrons. The molecule has 0 bridgehead atoms. The molecule has 0 atom stereocenters. The fraction of sp³-hybridized carbons (Fsp3) is 0.600. The second kappa shape index (κ2) is 20.6. The third-order valence-electron chi connectivity index (χ3n) is 2.93. The molecule has 0 aromatic carbocycles. The fourth-order valence-corrected chi connectivity index (χ4v) is 1.29. The first-order valence-electron chi connectivity index (χ1n) is 7.53. The summed E-state index contributed by atoms with van der Waals surface area (Å²) in [7, 11) is 0. The zero-order valence-electron chi connectivity index (χ0n) is 15.9. The number of carboxylic acids is 6. The van der Waals surface area contributed by atoms with Crippen LogP contribution in [0.1, 0.15) is 40.0 Å². The molecule has 0 saturated heterocycles. The van der Waals surface area contributed by atoms with E-state index in [9.17, 15) is 59.4 Å². The molecule has 12 nitrogen and oxygen atoms in total. The van der Waals surface area contributed by atoms with Crippen molar-refractivity contribution in [3.8, 4) is 0 Å². The first-order valence-corrected chi connectivity index (χ1v) is 7.53. The van der Waals surface area contributed by atoms with Crippen molar-refractivity contribution in [1.82, 2.24) is 0 Å². The summed E-state index contributed by atoms with van der Waals surface area (Å²) in [5.41, 5.74) is 0. The maximum atomic E-state index is 9.84. The van der Waals surface area contributed by atoms with Crippen molar-refractivity contribution in [3.63, 3.8) is 0 Å². The van der Waals surface area contributed by atoms with Crippen molar-refractivity contribution in [2.45, 2.75) is 40.0 Å². The molecule has 0 heterocycles. The first-order chi connectivity index (χ1) is 12.3. The average molecular weight is 444 g/mol. The maximum absolute atomic E-state index is 9.84. The van der Waals surface area contributed by atoms with Crippen LogP contribution in [0.3, 0.4) is 0 Å². The molecule has 14 heteroatoms. The summed E-state index contributed by atoms with van der Waals surface area (Å²) in [6.45, 7) is 4.32. The average Bonchev–Trinajstić information content (AvgIpc) is 2.47. The van der Waals surface area contributed by atoms with Crippen LogP contribution < -0.4 is 30.6 Å². The first kappa shape index (κ1) is 37.6. The van der Waals surface area contributed by atoms with Crippen LogP contribution in [-0.4, -0.2) is 70.5 Å². The normalized spacial score (nSPS) is 8.90. The van der Waals surface area contributed by atoms with Gasteiger partial charge in [-0.15, -0.1) is 0 Å². The minimum Gasteiger partial charge on any atom is -0.549 e. The Balaban J connectivity index is -0.0000000960. The maximum Gasteiger partial charge on any atom is 3.00 e. The molecule has 0 unspecified atom stereocenters. The number of hydrogen-bond donors (Lipinski definition) is 0. The minimum absolute atomic E-state index is 0. The van der Waals surface area contributed by atoms with Gasteiger partial charge in [-0.05, 0) is 19.3 Å². The van der Waals surface area contributed by atoms with Crippen LogP contribution in [-0.2, 0) is 28.8 Å². The quantitative estimate of drug-likeness (QED) is 0.238. The van der Waals surface area contributed by atoms with Gasteiger partial charge in [-0.1, -0.05) is 20.8 Å². The Morgan fingerprint density at radius 3 is 0.552 bits per heavy atom. The monoisotopic (exact) mass is 444 g/mol. The molecule has 0 saturated carbocycles. The Hall–Kier alpha value is -2.12. The van der Waals surface area contributed by atoms with Crippen molar-refractivity contribution in [2.75, 3.05) is 0 Å². The zero-order chi connectivity index (χ0) is 22.3. The van der Waals surface area contributed by atoms with Crippen LogP contribution in [0, 0.1) is 17.8 Å². The number of carbonyl (C=O) groups excluding carboxylic acids is 6. The molecule has 0 fully saturated rings. The Labute approximate surface area is 187 Å². The SMILES string of the molecule is CCC(C(=O)[O-])C(=O)[O-].CCC(C(=O)[O-])C(=O)[O-].CCC(C(=O)[O-])C(=O)[O-].[Al+3].[Al+3]. The molecule has 0 rings (SSSR count). The number of carboxylic acid groups (broad SMARTS) is 6. The van der Waals surface area contributed by atoms with Crippen LogP contribution in [0.25, 0.3) is 0 Å². The molecule has 29 heavy (non-hydrogen) atoms. The second-order valence-corrected chi connectivity index (χ2v) is 4.80. The zero-order valence-corrected chi connectivity index (χ0v) is 18.2. The predicted molar refractivity (Wildman–Crippen MR) is 82.9 cm³/mol.